The molecule has 1 fully saturated rings. The molecule has 2 rings (SSSR count). The van der Waals surface area contributed by atoms with Crippen molar-refractivity contribution in [1.82, 2.24) is 5.32 Å². The zero-order valence-corrected chi connectivity index (χ0v) is 11.6. The topological polar surface area (TPSA) is 32.3 Å². The molecule has 1 saturated carbocycles. The summed E-state index contributed by atoms with van der Waals surface area (Å²) in [5, 5.41) is 13.2. The molecule has 2 atom stereocenters. The van der Waals surface area contributed by atoms with Gasteiger partial charge in [-0.25, -0.2) is 4.39 Å². The molecule has 2 nitrogen and oxygen atoms in total. The van der Waals surface area contributed by atoms with Gasteiger partial charge in [-0.15, -0.1) is 0 Å². The molecule has 0 aliphatic heterocycles. The Morgan fingerprint density at radius 1 is 1.32 bits per heavy atom. The van der Waals surface area contributed by atoms with Crippen molar-refractivity contribution in [1.29, 1.82) is 0 Å². The molecule has 0 spiro atoms. The molecule has 1 aromatic carbocycles. The lowest BCUT2D eigenvalue weighted by atomic mass is 9.99. The van der Waals surface area contributed by atoms with Crippen LogP contribution in [0.2, 0.25) is 0 Å². The number of benzene rings is 1. The van der Waals surface area contributed by atoms with Gasteiger partial charge in [-0.2, -0.15) is 0 Å². The summed E-state index contributed by atoms with van der Waals surface area (Å²) >= 11 is 0. The Balaban J connectivity index is 1.76. The zero-order chi connectivity index (χ0) is 13.7. The van der Waals surface area contributed by atoms with E-state index in [1.807, 2.05) is 13.0 Å². The molecule has 2 N–H and O–H groups in total. The number of halogens is 1. The molecular formula is C16H24FNO. The molecule has 0 heterocycles. The van der Waals surface area contributed by atoms with Gasteiger partial charge in [0.05, 0.1) is 6.10 Å². The van der Waals surface area contributed by atoms with Crippen molar-refractivity contribution in [3.8, 4) is 0 Å². The number of aliphatic hydroxyl groups excluding tert-OH is 1. The van der Waals surface area contributed by atoms with Gasteiger partial charge in [-0.3, -0.25) is 0 Å². The van der Waals surface area contributed by atoms with E-state index in [1.54, 1.807) is 12.1 Å². The molecule has 0 saturated heterocycles. The van der Waals surface area contributed by atoms with Crippen LogP contribution in [0.15, 0.2) is 24.3 Å². The maximum atomic E-state index is 13.6. The zero-order valence-electron chi connectivity index (χ0n) is 11.6. The summed E-state index contributed by atoms with van der Waals surface area (Å²) in [5.74, 6) is 0.494. The van der Waals surface area contributed by atoms with Gasteiger partial charge in [0.15, 0.2) is 0 Å². The minimum atomic E-state index is -0.322. The van der Waals surface area contributed by atoms with Gasteiger partial charge in [-0.05, 0) is 25.3 Å². The Morgan fingerprint density at radius 2 is 2.00 bits per heavy atom. The summed E-state index contributed by atoms with van der Waals surface area (Å²) < 4.78 is 13.6. The van der Waals surface area contributed by atoms with Crippen molar-refractivity contribution in [2.24, 2.45) is 5.92 Å². The number of hydrogen-bond acceptors (Lipinski definition) is 2. The van der Waals surface area contributed by atoms with Crippen molar-refractivity contribution < 1.29 is 9.50 Å². The van der Waals surface area contributed by atoms with Crippen LogP contribution in [0.5, 0.6) is 0 Å². The molecule has 19 heavy (non-hydrogen) atoms. The van der Waals surface area contributed by atoms with Crippen LogP contribution in [-0.4, -0.2) is 17.8 Å². The van der Waals surface area contributed by atoms with Crippen LogP contribution in [0.1, 0.15) is 50.6 Å². The number of aliphatic hydroxyl groups is 1. The van der Waals surface area contributed by atoms with E-state index in [9.17, 15) is 9.50 Å². The molecular weight excluding hydrogens is 241 g/mol. The van der Waals surface area contributed by atoms with Crippen LogP contribution in [0.4, 0.5) is 4.39 Å². The van der Waals surface area contributed by atoms with Gasteiger partial charge >= 0.3 is 0 Å². The van der Waals surface area contributed by atoms with Crippen LogP contribution in [0, 0.1) is 11.7 Å². The lowest BCUT2D eigenvalue weighted by molar-refractivity contribution is 0.137. The van der Waals surface area contributed by atoms with E-state index in [-0.39, 0.29) is 18.0 Å². The predicted molar refractivity (Wildman–Crippen MR) is 75.4 cm³/mol. The van der Waals surface area contributed by atoms with E-state index >= 15 is 0 Å². The molecule has 1 aromatic rings. The van der Waals surface area contributed by atoms with E-state index in [1.165, 1.54) is 31.7 Å². The third kappa shape index (κ3) is 4.29. The lowest BCUT2D eigenvalue weighted by Crippen LogP contribution is -2.30. The number of nitrogens with one attached hydrogen (secondary N) is 1. The first-order valence-electron chi connectivity index (χ1n) is 7.32. The van der Waals surface area contributed by atoms with Crippen molar-refractivity contribution in [3.63, 3.8) is 0 Å². The second-order valence-electron chi connectivity index (χ2n) is 5.69. The van der Waals surface area contributed by atoms with E-state index in [0.717, 1.165) is 6.42 Å². The van der Waals surface area contributed by atoms with Crippen LogP contribution in [0.3, 0.4) is 0 Å². The summed E-state index contributed by atoms with van der Waals surface area (Å²) in [4.78, 5) is 0. The molecule has 1 aliphatic rings. The average molecular weight is 265 g/mol. The van der Waals surface area contributed by atoms with Gasteiger partial charge in [-0.1, -0.05) is 43.9 Å². The van der Waals surface area contributed by atoms with Crippen LogP contribution in [0.25, 0.3) is 0 Å². The van der Waals surface area contributed by atoms with Gasteiger partial charge in [0.2, 0.25) is 0 Å². The summed E-state index contributed by atoms with van der Waals surface area (Å²) in [6.07, 6.45) is 5.65. The molecule has 0 radical (unpaired) electrons. The fraction of sp³-hybridized carbons (Fsp3) is 0.625. The van der Waals surface area contributed by atoms with Gasteiger partial charge in [0, 0.05) is 18.2 Å². The second kappa shape index (κ2) is 7.01. The minimum Gasteiger partial charge on any atom is -0.392 e. The molecule has 0 aromatic heterocycles. The highest BCUT2D eigenvalue weighted by Gasteiger charge is 2.19. The Labute approximate surface area is 115 Å². The molecule has 3 heteroatoms. The number of hydrogen-bond donors (Lipinski definition) is 2. The van der Waals surface area contributed by atoms with E-state index in [2.05, 4.69) is 5.32 Å². The summed E-state index contributed by atoms with van der Waals surface area (Å²) in [6, 6.07) is 6.73. The quantitative estimate of drug-likeness (QED) is 0.826. The molecule has 1 unspecified atom stereocenters. The highest BCUT2D eigenvalue weighted by Crippen LogP contribution is 2.28. The second-order valence-corrected chi connectivity index (χ2v) is 5.69. The first-order chi connectivity index (χ1) is 9.16. The third-order valence-corrected chi connectivity index (χ3v) is 4.11. The van der Waals surface area contributed by atoms with Crippen molar-refractivity contribution in [2.45, 2.75) is 51.2 Å². The van der Waals surface area contributed by atoms with Gasteiger partial charge in [0.1, 0.15) is 5.82 Å². The SMILES string of the molecule is C[C@@H](NCC(O)CC1CCCC1)c1ccccc1F. The molecule has 106 valence electrons. The Hall–Kier alpha value is -0.930. The molecule has 0 amide bonds. The van der Waals surface area contributed by atoms with Crippen LogP contribution >= 0.6 is 0 Å². The molecule has 0 bridgehead atoms. The van der Waals surface area contributed by atoms with Gasteiger partial charge in [0.25, 0.3) is 0 Å². The fourth-order valence-corrected chi connectivity index (χ4v) is 2.96. The smallest absolute Gasteiger partial charge is 0.127 e. The summed E-state index contributed by atoms with van der Waals surface area (Å²) in [7, 11) is 0. The predicted octanol–water partition coefficient (Wildman–Crippen LogP) is 3.42. The minimum absolute atomic E-state index is 0.0700. The standard InChI is InChI=1S/C16H24FNO/c1-12(15-8-4-5-9-16(15)17)18-11-14(19)10-13-6-2-3-7-13/h4-5,8-9,12-14,18-19H,2-3,6-7,10-11H2,1H3/t12-,14?/m1/s1. The van der Waals surface area contributed by atoms with E-state index in [4.69, 9.17) is 0 Å². The highest BCUT2D eigenvalue weighted by atomic mass is 19.1. The van der Waals surface area contributed by atoms with Gasteiger partial charge < -0.3 is 10.4 Å². The normalized spacial score (nSPS) is 19.5. The highest BCUT2D eigenvalue weighted by molar-refractivity contribution is 5.20. The number of rotatable bonds is 6. The monoisotopic (exact) mass is 265 g/mol. The largest absolute Gasteiger partial charge is 0.392 e. The summed E-state index contributed by atoms with van der Waals surface area (Å²) in [6.45, 7) is 2.46. The maximum Gasteiger partial charge on any atom is 0.127 e. The Morgan fingerprint density at radius 3 is 2.68 bits per heavy atom. The lowest BCUT2D eigenvalue weighted by Gasteiger charge is -2.20. The summed E-state index contributed by atoms with van der Waals surface area (Å²) in [5.41, 5.74) is 0.663. The van der Waals surface area contributed by atoms with Crippen LogP contribution in [-0.2, 0) is 0 Å². The molecule has 1 aliphatic carbocycles. The van der Waals surface area contributed by atoms with Crippen molar-refractivity contribution in [3.05, 3.63) is 35.6 Å². The average Bonchev–Trinajstić information content (AvgIpc) is 2.89. The Bertz CT molecular complexity index is 390. The maximum absolute atomic E-state index is 13.6. The van der Waals surface area contributed by atoms with E-state index < -0.39 is 0 Å². The third-order valence-electron chi connectivity index (χ3n) is 4.11. The first kappa shape index (κ1) is 14.5. The van der Waals surface area contributed by atoms with Crippen molar-refractivity contribution in [2.75, 3.05) is 6.54 Å². The van der Waals surface area contributed by atoms with E-state index in [0.29, 0.717) is 18.0 Å². The first-order valence-corrected chi connectivity index (χ1v) is 7.32. The van der Waals surface area contributed by atoms with Crippen molar-refractivity contribution >= 4 is 0 Å². The fourth-order valence-electron chi connectivity index (χ4n) is 2.96. The van der Waals surface area contributed by atoms with Crippen LogP contribution < -0.4 is 5.32 Å². The Kier molecular flexibility index (Phi) is 5.34.